The highest BCUT2D eigenvalue weighted by Crippen LogP contribution is 2.35. The van der Waals surface area contributed by atoms with E-state index in [0.717, 1.165) is 6.20 Å². The SMILES string of the molecule is NCc1cc(N2CCC(C(F)(F)F)CC2)c(F)cn1. The highest BCUT2D eigenvalue weighted by Gasteiger charge is 2.41. The molecule has 1 saturated heterocycles. The van der Waals surface area contributed by atoms with E-state index < -0.39 is 17.9 Å². The average Bonchev–Trinajstić information content (AvgIpc) is 2.38. The number of aromatic nitrogens is 1. The first-order valence-corrected chi connectivity index (χ1v) is 6.08. The first kappa shape index (κ1) is 14.0. The third-order valence-electron chi connectivity index (χ3n) is 3.40. The van der Waals surface area contributed by atoms with Gasteiger partial charge in [0.05, 0.1) is 23.5 Å². The summed E-state index contributed by atoms with van der Waals surface area (Å²) in [6.45, 7) is 0.552. The highest BCUT2D eigenvalue weighted by atomic mass is 19.4. The van der Waals surface area contributed by atoms with Gasteiger partial charge in [-0.05, 0) is 18.9 Å². The van der Waals surface area contributed by atoms with E-state index in [1.54, 1.807) is 4.90 Å². The van der Waals surface area contributed by atoms with Crippen molar-refractivity contribution in [2.24, 2.45) is 11.7 Å². The Morgan fingerprint density at radius 2 is 1.95 bits per heavy atom. The monoisotopic (exact) mass is 277 g/mol. The lowest BCUT2D eigenvalue weighted by Crippen LogP contribution is -2.39. The average molecular weight is 277 g/mol. The van der Waals surface area contributed by atoms with Crippen molar-refractivity contribution < 1.29 is 17.6 Å². The lowest BCUT2D eigenvalue weighted by atomic mass is 9.96. The van der Waals surface area contributed by atoms with Crippen molar-refractivity contribution in [2.75, 3.05) is 18.0 Å². The van der Waals surface area contributed by atoms with Gasteiger partial charge >= 0.3 is 6.18 Å². The summed E-state index contributed by atoms with van der Waals surface area (Å²) in [4.78, 5) is 5.42. The van der Waals surface area contributed by atoms with Crippen LogP contribution in [-0.2, 0) is 6.54 Å². The van der Waals surface area contributed by atoms with Gasteiger partial charge in [0.1, 0.15) is 0 Å². The van der Waals surface area contributed by atoms with Crippen LogP contribution in [0.5, 0.6) is 0 Å². The zero-order valence-corrected chi connectivity index (χ0v) is 10.3. The Bertz CT molecular complexity index is 439. The number of piperidine rings is 1. The Hall–Kier alpha value is -1.37. The molecule has 1 aliphatic rings. The number of nitrogens with zero attached hydrogens (tertiary/aromatic N) is 2. The quantitative estimate of drug-likeness (QED) is 0.844. The number of alkyl halides is 3. The maximum Gasteiger partial charge on any atom is 0.391 e. The second-order valence-corrected chi connectivity index (χ2v) is 4.63. The van der Waals surface area contributed by atoms with Crippen LogP contribution in [0.3, 0.4) is 0 Å². The number of anilines is 1. The molecule has 3 nitrogen and oxygen atoms in total. The summed E-state index contributed by atoms with van der Waals surface area (Å²) in [6, 6.07) is 1.50. The van der Waals surface area contributed by atoms with Crippen LogP contribution in [0.25, 0.3) is 0 Å². The molecule has 0 atom stereocenters. The second kappa shape index (κ2) is 5.32. The zero-order chi connectivity index (χ0) is 14.0. The van der Waals surface area contributed by atoms with Crippen LogP contribution in [0.1, 0.15) is 18.5 Å². The van der Waals surface area contributed by atoms with Gasteiger partial charge in [-0.25, -0.2) is 4.39 Å². The molecule has 2 N–H and O–H groups in total. The molecule has 7 heteroatoms. The molecule has 0 spiro atoms. The molecular weight excluding hydrogens is 262 g/mol. The van der Waals surface area contributed by atoms with Crippen molar-refractivity contribution in [3.8, 4) is 0 Å². The number of hydrogen-bond acceptors (Lipinski definition) is 3. The summed E-state index contributed by atoms with van der Waals surface area (Å²) in [6.07, 6.45) is -3.12. The number of rotatable bonds is 2. The number of halogens is 4. The van der Waals surface area contributed by atoms with Gasteiger partial charge in [0.25, 0.3) is 0 Å². The van der Waals surface area contributed by atoms with E-state index in [0.29, 0.717) is 5.69 Å². The summed E-state index contributed by atoms with van der Waals surface area (Å²) in [5.41, 5.74) is 6.24. The lowest BCUT2D eigenvalue weighted by Gasteiger charge is -2.34. The van der Waals surface area contributed by atoms with Gasteiger partial charge < -0.3 is 10.6 Å². The Morgan fingerprint density at radius 3 is 2.47 bits per heavy atom. The Kier molecular flexibility index (Phi) is 3.93. The molecule has 1 aromatic heterocycles. The van der Waals surface area contributed by atoms with E-state index in [2.05, 4.69) is 4.98 Å². The van der Waals surface area contributed by atoms with Gasteiger partial charge in [0.2, 0.25) is 0 Å². The fraction of sp³-hybridized carbons (Fsp3) is 0.583. The van der Waals surface area contributed by atoms with Crippen LogP contribution in [0.15, 0.2) is 12.3 Å². The van der Waals surface area contributed by atoms with E-state index in [1.807, 2.05) is 0 Å². The van der Waals surface area contributed by atoms with Crippen molar-refractivity contribution in [1.82, 2.24) is 4.98 Å². The summed E-state index contributed by atoms with van der Waals surface area (Å²) >= 11 is 0. The predicted octanol–water partition coefficient (Wildman–Crippen LogP) is 2.46. The third-order valence-corrected chi connectivity index (χ3v) is 3.40. The topological polar surface area (TPSA) is 42.1 Å². The van der Waals surface area contributed by atoms with Crippen molar-refractivity contribution in [3.05, 3.63) is 23.8 Å². The molecule has 19 heavy (non-hydrogen) atoms. The third kappa shape index (κ3) is 3.15. The van der Waals surface area contributed by atoms with Gasteiger partial charge in [0.15, 0.2) is 5.82 Å². The van der Waals surface area contributed by atoms with Crippen LogP contribution in [-0.4, -0.2) is 24.2 Å². The van der Waals surface area contributed by atoms with Crippen LogP contribution in [0.2, 0.25) is 0 Å². The molecule has 2 rings (SSSR count). The largest absolute Gasteiger partial charge is 0.391 e. The lowest BCUT2D eigenvalue weighted by molar-refractivity contribution is -0.179. The van der Waals surface area contributed by atoms with Gasteiger partial charge in [-0.2, -0.15) is 13.2 Å². The maximum atomic E-state index is 13.7. The molecule has 1 aliphatic heterocycles. The van der Waals surface area contributed by atoms with Gasteiger partial charge in [-0.1, -0.05) is 0 Å². The fourth-order valence-corrected chi connectivity index (χ4v) is 2.27. The Balaban J connectivity index is 2.09. The zero-order valence-electron chi connectivity index (χ0n) is 10.3. The van der Waals surface area contributed by atoms with Crippen LogP contribution < -0.4 is 10.6 Å². The van der Waals surface area contributed by atoms with Crippen LogP contribution >= 0.6 is 0 Å². The summed E-state index contributed by atoms with van der Waals surface area (Å²) in [5.74, 6) is -1.81. The molecule has 1 fully saturated rings. The van der Waals surface area contributed by atoms with E-state index in [1.165, 1.54) is 6.07 Å². The maximum absolute atomic E-state index is 13.7. The molecule has 106 valence electrons. The molecule has 0 unspecified atom stereocenters. The van der Waals surface area contributed by atoms with Gasteiger partial charge in [-0.15, -0.1) is 0 Å². The molecule has 0 radical (unpaired) electrons. The van der Waals surface area contributed by atoms with E-state index >= 15 is 0 Å². The molecule has 0 aliphatic carbocycles. The number of pyridine rings is 1. The minimum absolute atomic E-state index is 0.0107. The highest BCUT2D eigenvalue weighted by molar-refractivity contribution is 5.48. The van der Waals surface area contributed by atoms with E-state index in [4.69, 9.17) is 5.73 Å². The van der Waals surface area contributed by atoms with E-state index in [9.17, 15) is 17.6 Å². The molecule has 0 amide bonds. The molecule has 0 saturated carbocycles. The van der Waals surface area contributed by atoms with E-state index in [-0.39, 0.29) is 38.2 Å². The number of nitrogens with two attached hydrogens (primary N) is 1. The Morgan fingerprint density at radius 1 is 1.32 bits per heavy atom. The van der Waals surface area contributed by atoms with Crippen LogP contribution in [0, 0.1) is 11.7 Å². The van der Waals surface area contributed by atoms with Crippen molar-refractivity contribution in [1.29, 1.82) is 0 Å². The second-order valence-electron chi connectivity index (χ2n) is 4.63. The van der Waals surface area contributed by atoms with Gasteiger partial charge in [0, 0.05) is 19.6 Å². The minimum atomic E-state index is -4.16. The molecule has 1 aromatic rings. The summed E-state index contributed by atoms with van der Waals surface area (Å²) in [7, 11) is 0. The predicted molar refractivity (Wildman–Crippen MR) is 63.1 cm³/mol. The fourth-order valence-electron chi connectivity index (χ4n) is 2.27. The summed E-state index contributed by atoms with van der Waals surface area (Å²) in [5, 5.41) is 0. The van der Waals surface area contributed by atoms with Crippen molar-refractivity contribution in [2.45, 2.75) is 25.6 Å². The molecular formula is C12H15F4N3. The first-order chi connectivity index (χ1) is 8.91. The molecule has 0 aromatic carbocycles. The molecule has 0 bridgehead atoms. The molecule has 2 heterocycles. The standard InChI is InChI=1S/C12H15F4N3/c13-10-7-18-9(6-17)5-11(10)19-3-1-8(2-4-19)12(14,15)16/h5,7-8H,1-4,6,17H2. The number of hydrogen-bond donors (Lipinski definition) is 1. The van der Waals surface area contributed by atoms with Crippen LogP contribution in [0.4, 0.5) is 23.2 Å². The van der Waals surface area contributed by atoms with Crippen molar-refractivity contribution in [3.63, 3.8) is 0 Å². The normalized spacial score (nSPS) is 17.8. The van der Waals surface area contributed by atoms with Crippen molar-refractivity contribution >= 4 is 5.69 Å². The smallest absolute Gasteiger partial charge is 0.369 e. The summed E-state index contributed by atoms with van der Waals surface area (Å²) < 4.78 is 51.3. The minimum Gasteiger partial charge on any atom is -0.369 e. The first-order valence-electron chi connectivity index (χ1n) is 6.08. The van der Waals surface area contributed by atoms with Gasteiger partial charge in [-0.3, -0.25) is 4.98 Å². The Labute approximate surface area is 108 Å².